The van der Waals surface area contributed by atoms with E-state index in [4.69, 9.17) is 0 Å². The number of carbonyl (C=O) groups excluding carboxylic acids is 1. The Kier molecular flexibility index (Phi) is 6.20. The maximum atomic E-state index is 12.8. The van der Waals surface area contributed by atoms with Gasteiger partial charge in [-0.2, -0.15) is 13.2 Å². The van der Waals surface area contributed by atoms with Crippen LogP contribution in [-0.2, 0) is 17.5 Å². The fourth-order valence-electron chi connectivity index (χ4n) is 2.78. The molecular formula is C19H17F3N4O3S. The highest BCUT2D eigenvalue weighted by Crippen LogP contribution is 2.35. The predicted octanol–water partition coefficient (Wildman–Crippen LogP) is 4.68. The molecule has 1 amide bonds. The van der Waals surface area contributed by atoms with Gasteiger partial charge in [-0.05, 0) is 24.3 Å². The van der Waals surface area contributed by atoms with Crippen molar-refractivity contribution in [2.75, 3.05) is 18.9 Å². The first kappa shape index (κ1) is 21.5. The van der Waals surface area contributed by atoms with E-state index in [0.29, 0.717) is 12.6 Å². The van der Waals surface area contributed by atoms with Crippen molar-refractivity contribution < 1.29 is 22.9 Å². The van der Waals surface area contributed by atoms with Gasteiger partial charge in [-0.3, -0.25) is 14.9 Å². The van der Waals surface area contributed by atoms with Crippen LogP contribution in [0.5, 0.6) is 0 Å². The molecule has 0 aliphatic rings. The number of carbonyl (C=O) groups is 1. The molecule has 0 spiro atoms. The highest BCUT2D eigenvalue weighted by Gasteiger charge is 2.33. The molecule has 1 aromatic heterocycles. The highest BCUT2D eigenvalue weighted by atomic mass is 32.1. The number of hydrogen-bond donors (Lipinski definition) is 1. The third-order valence-corrected chi connectivity index (χ3v) is 5.33. The van der Waals surface area contributed by atoms with Crippen molar-refractivity contribution in [2.24, 2.45) is 0 Å². The Morgan fingerprint density at radius 1 is 1.27 bits per heavy atom. The van der Waals surface area contributed by atoms with Crippen molar-refractivity contribution in [1.82, 2.24) is 9.88 Å². The molecule has 0 radical (unpaired) electrons. The van der Waals surface area contributed by atoms with Gasteiger partial charge >= 0.3 is 6.18 Å². The van der Waals surface area contributed by atoms with Gasteiger partial charge in [0.1, 0.15) is 10.7 Å². The van der Waals surface area contributed by atoms with Gasteiger partial charge in [0.25, 0.3) is 5.69 Å². The number of rotatable bonds is 7. The normalized spacial score (nSPS) is 11.5. The summed E-state index contributed by atoms with van der Waals surface area (Å²) >= 11 is 1.48. The van der Waals surface area contributed by atoms with Gasteiger partial charge in [0.15, 0.2) is 0 Å². The lowest BCUT2D eigenvalue weighted by atomic mass is 10.1. The number of halogens is 3. The standard InChI is InChI=1S/C19H17F3N4O3S/c1-25(11-17-24-14-4-2-3-5-16(14)30-17)18(27)8-9-23-13-7-6-12(19(20,21)22)10-15(13)26(28)29/h2-7,10,23H,8-9,11H2,1H3. The monoisotopic (exact) mass is 438 g/mol. The topological polar surface area (TPSA) is 88.4 Å². The van der Waals surface area contributed by atoms with Crippen LogP contribution >= 0.6 is 11.3 Å². The molecule has 7 nitrogen and oxygen atoms in total. The number of thiazole rings is 1. The number of fused-ring (bicyclic) bond motifs is 1. The van der Waals surface area contributed by atoms with Crippen molar-refractivity contribution in [3.63, 3.8) is 0 Å². The third-order valence-electron chi connectivity index (χ3n) is 4.31. The number of hydrogen-bond acceptors (Lipinski definition) is 6. The number of amides is 1. The van der Waals surface area contributed by atoms with Crippen molar-refractivity contribution >= 4 is 38.8 Å². The van der Waals surface area contributed by atoms with Gasteiger partial charge in [0, 0.05) is 26.1 Å². The van der Waals surface area contributed by atoms with E-state index in [-0.39, 0.29) is 24.6 Å². The van der Waals surface area contributed by atoms with Gasteiger partial charge in [0.2, 0.25) is 5.91 Å². The first-order valence-electron chi connectivity index (χ1n) is 8.83. The van der Waals surface area contributed by atoms with Crippen LogP contribution in [0.3, 0.4) is 0 Å². The number of nitrogens with zero attached hydrogens (tertiary/aromatic N) is 3. The summed E-state index contributed by atoms with van der Waals surface area (Å²) in [6.07, 6.45) is -4.66. The molecule has 158 valence electrons. The molecule has 30 heavy (non-hydrogen) atoms. The van der Waals surface area contributed by atoms with Crippen molar-refractivity contribution in [1.29, 1.82) is 0 Å². The number of alkyl halides is 3. The molecule has 2 aromatic carbocycles. The Bertz CT molecular complexity index is 1050. The molecule has 3 aromatic rings. The molecule has 11 heteroatoms. The van der Waals surface area contributed by atoms with Crippen molar-refractivity contribution in [3.05, 3.63) is 63.1 Å². The minimum Gasteiger partial charge on any atom is -0.379 e. The van der Waals surface area contributed by atoms with Crippen LogP contribution in [0.1, 0.15) is 17.0 Å². The summed E-state index contributed by atoms with van der Waals surface area (Å²) in [6.45, 7) is 0.355. The number of nitro benzene ring substituents is 1. The SMILES string of the molecule is CN(Cc1nc2ccccc2s1)C(=O)CCNc1ccc(C(F)(F)F)cc1[N+](=O)[O-]. The van der Waals surface area contributed by atoms with E-state index in [0.717, 1.165) is 27.4 Å². The summed E-state index contributed by atoms with van der Waals surface area (Å²) in [5, 5.41) is 14.6. The molecule has 3 rings (SSSR count). The molecule has 1 heterocycles. The van der Waals surface area contributed by atoms with Gasteiger partial charge in [-0.25, -0.2) is 4.98 Å². The smallest absolute Gasteiger partial charge is 0.379 e. The lowest BCUT2D eigenvalue weighted by molar-refractivity contribution is -0.384. The zero-order valence-electron chi connectivity index (χ0n) is 15.8. The number of nitro groups is 1. The van der Waals surface area contributed by atoms with Crippen LogP contribution in [0, 0.1) is 10.1 Å². The second kappa shape index (κ2) is 8.66. The molecule has 0 saturated heterocycles. The van der Waals surface area contributed by atoms with Gasteiger partial charge in [-0.1, -0.05) is 12.1 Å². The lowest BCUT2D eigenvalue weighted by Crippen LogP contribution is -2.27. The van der Waals surface area contributed by atoms with Gasteiger partial charge in [0.05, 0.1) is 27.2 Å². The lowest BCUT2D eigenvalue weighted by Gasteiger charge is -2.16. The Balaban J connectivity index is 1.58. The first-order valence-corrected chi connectivity index (χ1v) is 9.64. The maximum absolute atomic E-state index is 12.8. The fourth-order valence-corrected chi connectivity index (χ4v) is 3.80. The molecule has 0 saturated carbocycles. The summed E-state index contributed by atoms with van der Waals surface area (Å²) in [4.78, 5) is 28.5. The third kappa shape index (κ3) is 5.03. The quantitative estimate of drug-likeness (QED) is 0.427. The maximum Gasteiger partial charge on any atom is 0.416 e. The molecule has 0 unspecified atom stereocenters. The summed E-state index contributed by atoms with van der Waals surface area (Å²) in [5.74, 6) is -0.226. The molecule has 0 aliphatic heterocycles. The summed E-state index contributed by atoms with van der Waals surface area (Å²) in [6, 6.07) is 9.85. The Morgan fingerprint density at radius 2 is 2.00 bits per heavy atom. The number of nitrogens with one attached hydrogen (secondary N) is 1. The van der Waals surface area contributed by atoms with Crippen LogP contribution in [-0.4, -0.2) is 34.3 Å². The van der Waals surface area contributed by atoms with E-state index in [1.54, 1.807) is 7.05 Å². The molecule has 0 atom stereocenters. The number of aromatic nitrogens is 1. The Labute approximate surface area is 173 Å². The first-order chi connectivity index (χ1) is 14.1. The average molecular weight is 438 g/mol. The molecular weight excluding hydrogens is 421 g/mol. The number of anilines is 1. The van der Waals surface area contributed by atoms with E-state index < -0.39 is 22.4 Å². The molecule has 1 N–H and O–H groups in total. The molecule has 0 aliphatic carbocycles. The fraction of sp³-hybridized carbons (Fsp3) is 0.263. The Morgan fingerprint density at radius 3 is 2.67 bits per heavy atom. The zero-order valence-corrected chi connectivity index (χ0v) is 16.6. The minimum atomic E-state index is -4.68. The zero-order chi connectivity index (χ0) is 21.9. The number of benzene rings is 2. The van der Waals surface area contributed by atoms with Crippen molar-refractivity contribution in [2.45, 2.75) is 19.1 Å². The highest BCUT2D eigenvalue weighted by molar-refractivity contribution is 7.18. The van der Waals surface area contributed by atoms with Crippen LogP contribution in [0.15, 0.2) is 42.5 Å². The van der Waals surface area contributed by atoms with E-state index in [1.807, 2.05) is 24.3 Å². The number of para-hydroxylation sites is 1. The van der Waals surface area contributed by atoms with Gasteiger partial charge < -0.3 is 10.2 Å². The summed E-state index contributed by atoms with van der Waals surface area (Å²) in [7, 11) is 1.62. The Hall–Kier alpha value is -3.21. The predicted molar refractivity (Wildman–Crippen MR) is 107 cm³/mol. The van der Waals surface area contributed by atoms with E-state index in [1.165, 1.54) is 16.2 Å². The molecule has 0 fully saturated rings. The summed E-state index contributed by atoms with van der Waals surface area (Å²) < 4.78 is 39.3. The summed E-state index contributed by atoms with van der Waals surface area (Å²) in [5.41, 5.74) is -1.02. The van der Waals surface area contributed by atoms with Crippen LogP contribution < -0.4 is 5.32 Å². The van der Waals surface area contributed by atoms with Crippen LogP contribution in [0.4, 0.5) is 24.5 Å². The largest absolute Gasteiger partial charge is 0.416 e. The second-order valence-electron chi connectivity index (χ2n) is 6.49. The van der Waals surface area contributed by atoms with E-state index in [9.17, 15) is 28.1 Å². The molecule has 0 bridgehead atoms. The van der Waals surface area contributed by atoms with Gasteiger partial charge in [-0.15, -0.1) is 11.3 Å². The van der Waals surface area contributed by atoms with E-state index >= 15 is 0 Å². The van der Waals surface area contributed by atoms with E-state index in [2.05, 4.69) is 10.3 Å². The minimum absolute atomic E-state index is 0.0135. The van der Waals surface area contributed by atoms with Crippen LogP contribution in [0.2, 0.25) is 0 Å². The average Bonchev–Trinajstić information content (AvgIpc) is 3.09. The second-order valence-corrected chi connectivity index (χ2v) is 7.60. The van der Waals surface area contributed by atoms with Crippen molar-refractivity contribution in [3.8, 4) is 0 Å². The van der Waals surface area contributed by atoms with Crippen LogP contribution in [0.25, 0.3) is 10.2 Å².